The Morgan fingerprint density at radius 2 is 1.97 bits per heavy atom. The van der Waals surface area contributed by atoms with E-state index in [1.165, 1.54) is 11.2 Å². The molecule has 0 unspecified atom stereocenters. The highest BCUT2D eigenvalue weighted by molar-refractivity contribution is 7.89. The van der Waals surface area contributed by atoms with Crippen LogP contribution in [0.1, 0.15) is 12.3 Å². The third kappa shape index (κ3) is 4.44. The van der Waals surface area contributed by atoms with Gasteiger partial charge in [-0.25, -0.2) is 22.2 Å². The van der Waals surface area contributed by atoms with Crippen molar-refractivity contribution in [2.24, 2.45) is 0 Å². The standard InChI is InChI=1S/C17H17F2N7O4S/c18-11-1-2-12(19)13(9-11)31(28,29)26-7-5-25(6-8-26)15(27)4-3-14-22-17(24-30-14)16-20-10-21-23-16/h1-2,9-10H,3-8H2,(H,20,21,23). The normalized spacial score (nSPS) is 15.4. The van der Waals surface area contributed by atoms with Crippen LogP contribution in [0.3, 0.4) is 0 Å². The topological polar surface area (TPSA) is 138 Å². The fraction of sp³-hybridized carbons (Fsp3) is 0.353. The lowest BCUT2D eigenvalue weighted by Crippen LogP contribution is -2.50. The van der Waals surface area contributed by atoms with Crippen molar-refractivity contribution in [3.63, 3.8) is 0 Å². The number of aryl methyl sites for hydroxylation is 1. The van der Waals surface area contributed by atoms with Gasteiger partial charge in [0.2, 0.25) is 27.6 Å². The average Bonchev–Trinajstić information content (AvgIpc) is 3.45. The highest BCUT2D eigenvalue weighted by Gasteiger charge is 2.32. The molecule has 0 saturated carbocycles. The van der Waals surface area contributed by atoms with Crippen molar-refractivity contribution < 1.29 is 26.5 Å². The number of piperazine rings is 1. The summed E-state index contributed by atoms with van der Waals surface area (Å²) < 4.78 is 58.7. The van der Waals surface area contributed by atoms with Crippen LogP contribution in [-0.4, -0.2) is 75.0 Å². The van der Waals surface area contributed by atoms with E-state index < -0.39 is 26.6 Å². The van der Waals surface area contributed by atoms with E-state index >= 15 is 0 Å². The number of aromatic amines is 1. The first-order valence-electron chi connectivity index (χ1n) is 9.26. The third-order valence-corrected chi connectivity index (χ3v) is 6.66. The molecule has 1 amide bonds. The van der Waals surface area contributed by atoms with Crippen molar-refractivity contribution >= 4 is 15.9 Å². The first kappa shape index (κ1) is 21.0. The molecule has 0 bridgehead atoms. The Balaban J connectivity index is 1.32. The second-order valence-electron chi connectivity index (χ2n) is 6.71. The maximum Gasteiger partial charge on any atom is 0.246 e. The van der Waals surface area contributed by atoms with Crippen LogP contribution in [0.4, 0.5) is 8.78 Å². The first-order valence-corrected chi connectivity index (χ1v) is 10.7. The largest absolute Gasteiger partial charge is 0.340 e. The molecule has 0 radical (unpaired) electrons. The minimum Gasteiger partial charge on any atom is -0.340 e. The molecule has 1 aliphatic heterocycles. The molecule has 4 rings (SSSR count). The molecule has 164 valence electrons. The Morgan fingerprint density at radius 3 is 2.68 bits per heavy atom. The predicted molar refractivity (Wildman–Crippen MR) is 99.7 cm³/mol. The van der Waals surface area contributed by atoms with E-state index in [4.69, 9.17) is 4.52 Å². The Bertz CT molecular complexity index is 1180. The number of rotatable bonds is 6. The molecule has 2 aromatic heterocycles. The minimum atomic E-state index is -4.21. The zero-order chi connectivity index (χ0) is 22.0. The van der Waals surface area contributed by atoms with Crippen molar-refractivity contribution in [3.8, 4) is 11.6 Å². The molecule has 0 aliphatic carbocycles. The molecule has 0 atom stereocenters. The van der Waals surface area contributed by atoms with Gasteiger partial charge in [0.15, 0.2) is 5.82 Å². The molecule has 1 saturated heterocycles. The van der Waals surface area contributed by atoms with Gasteiger partial charge < -0.3 is 9.42 Å². The molecule has 1 fully saturated rings. The summed E-state index contributed by atoms with van der Waals surface area (Å²) in [6.07, 6.45) is 1.59. The molecular weight excluding hydrogens is 436 g/mol. The van der Waals surface area contributed by atoms with Crippen LogP contribution in [0, 0.1) is 11.6 Å². The summed E-state index contributed by atoms with van der Waals surface area (Å²) in [6, 6.07) is 2.27. The van der Waals surface area contributed by atoms with Crippen LogP contribution in [0.2, 0.25) is 0 Å². The van der Waals surface area contributed by atoms with Gasteiger partial charge in [-0.05, 0) is 18.2 Å². The van der Waals surface area contributed by atoms with Crippen molar-refractivity contribution in [2.75, 3.05) is 26.2 Å². The number of nitrogens with one attached hydrogen (secondary N) is 1. The quantitative estimate of drug-likeness (QED) is 0.573. The number of benzene rings is 1. The van der Waals surface area contributed by atoms with Crippen molar-refractivity contribution in [1.82, 2.24) is 34.5 Å². The average molecular weight is 453 g/mol. The van der Waals surface area contributed by atoms with E-state index in [1.54, 1.807) is 0 Å². The predicted octanol–water partition coefficient (Wildman–Crippen LogP) is 0.599. The number of halogens is 2. The lowest BCUT2D eigenvalue weighted by Gasteiger charge is -2.34. The van der Waals surface area contributed by atoms with E-state index in [1.807, 2.05) is 0 Å². The number of hydrogen-bond donors (Lipinski definition) is 1. The van der Waals surface area contributed by atoms with Crippen molar-refractivity contribution in [3.05, 3.63) is 42.1 Å². The molecule has 1 aromatic carbocycles. The number of carbonyl (C=O) groups excluding carboxylic acids is 1. The number of amides is 1. The van der Waals surface area contributed by atoms with Crippen molar-refractivity contribution in [2.45, 2.75) is 17.7 Å². The van der Waals surface area contributed by atoms with Crippen molar-refractivity contribution in [1.29, 1.82) is 0 Å². The number of aromatic nitrogens is 5. The van der Waals surface area contributed by atoms with Crippen LogP contribution in [0.15, 0.2) is 33.9 Å². The minimum absolute atomic E-state index is 0.0276. The molecule has 1 N–H and O–H groups in total. The lowest BCUT2D eigenvalue weighted by molar-refractivity contribution is -0.132. The van der Waals surface area contributed by atoms with Crippen LogP contribution in [0.25, 0.3) is 11.6 Å². The van der Waals surface area contributed by atoms with E-state index in [-0.39, 0.29) is 56.6 Å². The van der Waals surface area contributed by atoms with E-state index in [0.29, 0.717) is 11.9 Å². The highest BCUT2D eigenvalue weighted by Crippen LogP contribution is 2.22. The summed E-state index contributed by atoms with van der Waals surface area (Å²) in [7, 11) is -4.21. The monoisotopic (exact) mass is 453 g/mol. The Morgan fingerprint density at radius 1 is 1.19 bits per heavy atom. The first-order chi connectivity index (χ1) is 14.8. The van der Waals surface area contributed by atoms with E-state index in [9.17, 15) is 22.0 Å². The Hall–Kier alpha value is -3.26. The molecular formula is C17H17F2N7O4S. The third-order valence-electron chi connectivity index (χ3n) is 4.75. The summed E-state index contributed by atoms with van der Waals surface area (Å²) in [5.74, 6) is -1.27. The zero-order valence-corrected chi connectivity index (χ0v) is 16.8. The number of nitrogens with zero attached hydrogens (tertiary/aromatic N) is 6. The van der Waals surface area contributed by atoms with Crippen LogP contribution in [-0.2, 0) is 21.2 Å². The Labute approximate surface area is 175 Å². The van der Waals surface area contributed by atoms with E-state index in [0.717, 1.165) is 16.4 Å². The fourth-order valence-electron chi connectivity index (χ4n) is 3.13. The molecule has 1 aliphatic rings. The smallest absolute Gasteiger partial charge is 0.246 e. The lowest BCUT2D eigenvalue weighted by atomic mass is 10.2. The molecule has 3 heterocycles. The van der Waals surface area contributed by atoms with Gasteiger partial charge in [0, 0.05) is 39.0 Å². The van der Waals surface area contributed by atoms with Gasteiger partial charge in [0.25, 0.3) is 0 Å². The summed E-state index contributed by atoms with van der Waals surface area (Å²) in [4.78, 5) is 21.3. The number of hydrogen-bond acceptors (Lipinski definition) is 8. The summed E-state index contributed by atoms with van der Waals surface area (Å²) >= 11 is 0. The van der Waals surface area contributed by atoms with Crippen LogP contribution >= 0.6 is 0 Å². The van der Waals surface area contributed by atoms with E-state index in [2.05, 4.69) is 25.3 Å². The Kier molecular flexibility index (Phi) is 5.73. The van der Waals surface area contributed by atoms with Gasteiger partial charge in [-0.2, -0.15) is 14.4 Å². The van der Waals surface area contributed by atoms with Gasteiger partial charge in [-0.1, -0.05) is 5.16 Å². The number of sulfonamides is 1. The molecule has 31 heavy (non-hydrogen) atoms. The molecule has 14 heteroatoms. The number of carbonyl (C=O) groups is 1. The summed E-state index contributed by atoms with van der Waals surface area (Å²) in [5, 5.41) is 10.0. The SMILES string of the molecule is O=C(CCc1nc(-c2ncn[nH]2)no1)N1CCN(S(=O)(=O)c2cc(F)ccc2F)CC1. The molecule has 3 aromatic rings. The maximum atomic E-state index is 13.9. The maximum absolute atomic E-state index is 13.9. The van der Waals surface area contributed by atoms with Crippen LogP contribution in [0.5, 0.6) is 0 Å². The van der Waals surface area contributed by atoms with Gasteiger partial charge in [0.1, 0.15) is 22.9 Å². The summed E-state index contributed by atoms with van der Waals surface area (Å²) in [5.41, 5.74) is 0. The van der Waals surface area contributed by atoms with Crippen LogP contribution < -0.4 is 0 Å². The second kappa shape index (κ2) is 8.47. The van der Waals surface area contributed by atoms with Gasteiger partial charge in [-0.15, -0.1) is 0 Å². The highest BCUT2D eigenvalue weighted by atomic mass is 32.2. The van der Waals surface area contributed by atoms with Gasteiger partial charge >= 0.3 is 0 Å². The second-order valence-corrected chi connectivity index (χ2v) is 8.61. The number of H-pyrrole nitrogens is 1. The molecule has 0 spiro atoms. The van der Waals surface area contributed by atoms with Gasteiger partial charge in [0.05, 0.1) is 0 Å². The summed E-state index contributed by atoms with van der Waals surface area (Å²) in [6.45, 7) is 0.199. The molecule has 11 nitrogen and oxygen atoms in total. The zero-order valence-electron chi connectivity index (χ0n) is 16.0. The van der Waals surface area contributed by atoms with Gasteiger partial charge in [-0.3, -0.25) is 9.89 Å². The fourth-order valence-corrected chi connectivity index (χ4v) is 4.63.